The van der Waals surface area contributed by atoms with E-state index < -0.39 is 81.9 Å². The van der Waals surface area contributed by atoms with Crippen molar-refractivity contribution >= 4 is 47.8 Å². The number of urea groups is 1. The molecular weight excluding hydrogens is 688 g/mol. The van der Waals surface area contributed by atoms with E-state index in [4.69, 9.17) is 18.9 Å². The van der Waals surface area contributed by atoms with E-state index in [0.717, 1.165) is 25.0 Å². The summed E-state index contributed by atoms with van der Waals surface area (Å²) in [6.45, 7) is 0. The van der Waals surface area contributed by atoms with Gasteiger partial charge in [-0.15, -0.1) is 0 Å². The first-order chi connectivity index (χ1) is 24.5. The average Bonchev–Trinajstić information content (AvgIpc) is 3.10. The largest absolute Gasteiger partial charge is 0.494 e. The lowest BCUT2D eigenvalue weighted by Crippen LogP contribution is -2.57. The van der Waals surface area contributed by atoms with Gasteiger partial charge in [0, 0.05) is 53.9 Å². The van der Waals surface area contributed by atoms with Crippen molar-refractivity contribution in [2.45, 2.75) is 37.3 Å². The number of aromatic nitrogens is 2. The molecule has 0 atom stereocenters. The lowest BCUT2D eigenvalue weighted by atomic mass is 9.87. The van der Waals surface area contributed by atoms with E-state index in [2.05, 4.69) is 0 Å². The van der Waals surface area contributed by atoms with Gasteiger partial charge in [0.1, 0.15) is 16.7 Å². The third kappa shape index (κ3) is 6.77. The highest BCUT2D eigenvalue weighted by molar-refractivity contribution is 6.28. The number of carbonyl (C=O) groups is 7. The highest BCUT2D eigenvalue weighted by Gasteiger charge is 2.57. The maximum Gasteiger partial charge on any atom is 0.348 e. The summed E-state index contributed by atoms with van der Waals surface area (Å²) in [5, 5.41) is 10.1. The van der Waals surface area contributed by atoms with Crippen molar-refractivity contribution in [3.63, 3.8) is 0 Å². The average molecular weight is 721 g/mol. The summed E-state index contributed by atoms with van der Waals surface area (Å²) >= 11 is 0. The van der Waals surface area contributed by atoms with Gasteiger partial charge >= 0.3 is 35.6 Å². The molecule has 18 heteroatoms. The zero-order valence-corrected chi connectivity index (χ0v) is 28.2. The topological polar surface area (TPSA) is 227 Å². The standard InChI is InChI=1S/C34H32N4O14/c1-35-23(39)19(24(40)36(2)31(35)47)11-7-5-9-13-21-27(43)49-33(50-28(21)44)15-17-34(18-16-33)51-29(45)22(30(46)52-34)14-10-6-8-12-20-25(41)37(3)32(48)38(4)26(20)42/h5-14,21,41H,15-18H2,1-4H3/b7-5+,10-6?,12-8?,13-9+,22-14?. The highest BCUT2D eigenvalue weighted by atomic mass is 16.8. The number of aromatic hydroxyl groups is 1. The molecule has 1 saturated carbocycles. The molecule has 0 radical (unpaired) electrons. The van der Waals surface area contributed by atoms with E-state index in [0.29, 0.717) is 0 Å². The van der Waals surface area contributed by atoms with Crippen LogP contribution in [0.2, 0.25) is 0 Å². The normalized spacial score (nSPS) is 25.6. The molecule has 4 aliphatic rings. The van der Waals surface area contributed by atoms with Crippen LogP contribution in [0.15, 0.2) is 75.4 Å². The number of barbiturate groups is 1. The summed E-state index contributed by atoms with van der Waals surface area (Å²) in [4.78, 5) is 113. The van der Waals surface area contributed by atoms with Crippen LogP contribution in [0.5, 0.6) is 5.88 Å². The number of amides is 4. The third-order valence-corrected chi connectivity index (χ3v) is 8.70. The number of hydrogen-bond acceptors (Lipinski definition) is 14. The first-order valence-electron chi connectivity index (χ1n) is 15.6. The predicted octanol–water partition coefficient (Wildman–Crippen LogP) is 0.157. The van der Waals surface area contributed by atoms with E-state index in [1.807, 2.05) is 0 Å². The molecule has 1 aliphatic carbocycles. The Bertz CT molecular complexity index is 2030. The van der Waals surface area contributed by atoms with Gasteiger partial charge in [-0.1, -0.05) is 42.5 Å². The fourth-order valence-electron chi connectivity index (χ4n) is 5.63. The maximum absolute atomic E-state index is 12.8. The fourth-order valence-corrected chi connectivity index (χ4v) is 5.63. The molecule has 0 bridgehead atoms. The minimum absolute atomic E-state index is 0.149. The summed E-state index contributed by atoms with van der Waals surface area (Å²) in [6, 6.07) is -0.769. The van der Waals surface area contributed by atoms with E-state index in [1.165, 1.54) is 82.9 Å². The Morgan fingerprint density at radius 3 is 1.63 bits per heavy atom. The molecule has 3 aliphatic heterocycles. The molecule has 0 unspecified atom stereocenters. The lowest BCUT2D eigenvalue weighted by Gasteiger charge is -2.46. The van der Waals surface area contributed by atoms with E-state index >= 15 is 0 Å². The summed E-state index contributed by atoms with van der Waals surface area (Å²) < 4.78 is 23.7. The second-order valence-corrected chi connectivity index (χ2v) is 12.0. The van der Waals surface area contributed by atoms with Crippen LogP contribution in [0.25, 0.3) is 6.08 Å². The number of carbonyl (C=O) groups excluding carboxylic acids is 7. The summed E-state index contributed by atoms with van der Waals surface area (Å²) in [5.41, 5.74) is -2.29. The molecule has 0 aromatic carbocycles. The number of rotatable bonds is 6. The van der Waals surface area contributed by atoms with E-state index in [9.17, 15) is 48.3 Å². The zero-order chi connectivity index (χ0) is 38.1. The molecule has 272 valence electrons. The molecule has 4 amide bonds. The van der Waals surface area contributed by atoms with Gasteiger partial charge in [0.15, 0.2) is 5.92 Å². The maximum atomic E-state index is 12.8. The molecule has 5 rings (SSSR count). The van der Waals surface area contributed by atoms with Crippen LogP contribution >= 0.6 is 0 Å². The molecule has 4 heterocycles. The Morgan fingerprint density at radius 1 is 0.615 bits per heavy atom. The molecule has 1 N–H and O–H groups in total. The van der Waals surface area contributed by atoms with Crippen LogP contribution in [-0.2, 0) is 61.8 Å². The molecular formula is C34H32N4O14. The lowest BCUT2D eigenvalue weighted by molar-refractivity contribution is -0.297. The number of ether oxygens (including phenoxy) is 4. The van der Waals surface area contributed by atoms with Crippen LogP contribution in [0.3, 0.4) is 0 Å². The second-order valence-electron chi connectivity index (χ2n) is 12.0. The Labute approximate surface area is 293 Å². The number of likely N-dealkylation sites (N-methyl/N-ethyl adjacent to an activating group) is 2. The van der Waals surface area contributed by atoms with Crippen molar-refractivity contribution in [1.82, 2.24) is 18.9 Å². The van der Waals surface area contributed by atoms with Gasteiger partial charge in [0.2, 0.25) is 5.88 Å². The number of hydrogen-bond donors (Lipinski definition) is 1. The number of nitrogens with zero attached hydrogens (tertiary/aromatic N) is 4. The minimum atomic E-state index is -1.69. The van der Waals surface area contributed by atoms with Crippen LogP contribution in [0, 0.1) is 5.92 Å². The molecule has 18 nitrogen and oxygen atoms in total. The molecule has 3 saturated heterocycles. The van der Waals surface area contributed by atoms with Crippen LogP contribution in [0.4, 0.5) is 4.79 Å². The zero-order valence-electron chi connectivity index (χ0n) is 28.2. The van der Waals surface area contributed by atoms with E-state index in [-0.39, 0.29) is 36.8 Å². The minimum Gasteiger partial charge on any atom is -0.494 e. The Kier molecular flexibility index (Phi) is 9.85. The Morgan fingerprint density at radius 2 is 1.10 bits per heavy atom. The van der Waals surface area contributed by atoms with Gasteiger partial charge < -0.3 is 24.1 Å². The van der Waals surface area contributed by atoms with Crippen LogP contribution in [0.1, 0.15) is 31.2 Å². The number of esters is 4. The number of allylic oxidation sites excluding steroid dienone is 8. The first kappa shape index (κ1) is 36.7. The van der Waals surface area contributed by atoms with Gasteiger partial charge in [0.05, 0.1) is 0 Å². The molecule has 4 fully saturated rings. The summed E-state index contributed by atoms with van der Waals surface area (Å²) in [6.07, 6.45) is 12.1. The van der Waals surface area contributed by atoms with Crippen LogP contribution in [-0.4, -0.2) is 91.4 Å². The second kappa shape index (κ2) is 14.0. The third-order valence-electron chi connectivity index (χ3n) is 8.70. The van der Waals surface area contributed by atoms with Gasteiger partial charge in [-0.05, 0) is 18.2 Å². The summed E-state index contributed by atoms with van der Waals surface area (Å²) in [5.74, 6) is -10.7. The number of imide groups is 2. The molecule has 1 aromatic rings. The molecule has 52 heavy (non-hydrogen) atoms. The monoisotopic (exact) mass is 720 g/mol. The van der Waals surface area contributed by atoms with Crippen molar-refractivity contribution in [3.8, 4) is 5.88 Å². The SMILES string of the molecule is CN1C(=O)C(=C/C=C/C=C/C2C(=O)OC3(CCC4(CC3)OC(=O)C(=CC=CC=Cc3c(O)n(C)c(=O)n(C)c3=O)C(=O)O4)OC2=O)C(=O)N(C)C1=O. The van der Waals surface area contributed by atoms with E-state index in [1.54, 1.807) is 0 Å². The summed E-state index contributed by atoms with van der Waals surface area (Å²) in [7, 11) is 5.01. The Hall–Kier alpha value is -6.59. The quantitative estimate of drug-likeness (QED) is 0.136. The molecule has 2 spiro atoms. The molecule has 1 aromatic heterocycles. The Balaban J connectivity index is 1.16. The first-order valence-corrected chi connectivity index (χ1v) is 15.6. The van der Waals surface area contributed by atoms with Gasteiger partial charge in [-0.25, -0.2) is 19.2 Å². The predicted molar refractivity (Wildman–Crippen MR) is 174 cm³/mol. The van der Waals surface area contributed by atoms with Crippen molar-refractivity contribution in [2.24, 2.45) is 20.0 Å². The fraction of sp³-hybridized carbons (Fsp3) is 0.324. The van der Waals surface area contributed by atoms with Crippen molar-refractivity contribution < 1.29 is 57.6 Å². The van der Waals surface area contributed by atoms with Gasteiger partial charge in [-0.2, -0.15) is 0 Å². The smallest absolute Gasteiger partial charge is 0.348 e. The van der Waals surface area contributed by atoms with Crippen LogP contribution < -0.4 is 11.2 Å². The van der Waals surface area contributed by atoms with Crippen molar-refractivity contribution in [3.05, 3.63) is 92.2 Å². The van der Waals surface area contributed by atoms with Gasteiger partial charge in [0.25, 0.3) is 28.9 Å². The highest BCUT2D eigenvalue weighted by Crippen LogP contribution is 2.45. The van der Waals surface area contributed by atoms with Gasteiger partial charge in [-0.3, -0.25) is 42.9 Å². The van der Waals surface area contributed by atoms with Crippen molar-refractivity contribution in [2.75, 3.05) is 14.1 Å². The van der Waals surface area contributed by atoms with Crippen molar-refractivity contribution in [1.29, 1.82) is 0 Å².